The molecule has 0 saturated carbocycles. The molecule has 1 N–H and O–H groups in total. The van der Waals surface area contributed by atoms with Gasteiger partial charge in [0.1, 0.15) is 0 Å². The number of carbonyl (C=O) groups excluding carboxylic acids is 1. The number of rotatable bonds is 7. The largest absolute Gasteiger partial charge is 0.490 e. The summed E-state index contributed by atoms with van der Waals surface area (Å²) in [7, 11) is 0. The van der Waals surface area contributed by atoms with Crippen LogP contribution in [0.3, 0.4) is 0 Å². The highest BCUT2D eigenvalue weighted by Gasteiger charge is 2.16. The Hall–Kier alpha value is -2.61. The molecule has 0 heterocycles. The van der Waals surface area contributed by atoms with Crippen LogP contribution in [0, 0.1) is 10.1 Å². The minimum Gasteiger partial charge on any atom is -0.490 e. The van der Waals surface area contributed by atoms with Crippen molar-refractivity contribution in [2.45, 2.75) is 13.8 Å². The molecule has 132 valence electrons. The molecular weight excluding hydrogens is 392 g/mol. The number of carbonyl (C=O) groups is 1. The Morgan fingerprint density at radius 2 is 1.80 bits per heavy atom. The van der Waals surface area contributed by atoms with Crippen molar-refractivity contribution in [2.75, 3.05) is 18.5 Å². The van der Waals surface area contributed by atoms with Crippen LogP contribution < -0.4 is 14.8 Å². The second-order valence-corrected chi connectivity index (χ2v) is 5.76. The van der Waals surface area contributed by atoms with Crippen LogP contribution in [0.25, 0.3) is 0 Å². The van der Waals surface area contributed by atoms with Gasteiger partial charge in [0.05, 0.1) is 22.6 Å². The van der Waals surface area contributed by atoms with Crippen molar-refractivity contribution in [2.24, 2.45) is 0 Å². The number of nitrogens with one attached hydrogen (secondary N) is 1. The first-order chi connectivity index (χ1) is 12.0. The van der Waals surface area contributed by atoms with E-state index in [9.17, 15) is 14.9 Å². The zero-order valence-corrected chi connectivity index (χ0v) is 15.3. The second kappa shape index (κ2) is 8.48. The van der Waals surface area contributed by atoms with Crippen LogP contribution in [-0.2, 0) is 0 Å². The number of ether oxygens (including phenoxy) is 2. The molecule has 0 unspecified atom stereocenters. The van der Waals surface area contributed by atoms with Crippen LogP contribution in [-0.4, -0.2) is 24.0 Å². The maximum atomic E-state index is 12.4. The van der Waals surface area contributed by atoms with Crippen molar-refractivity contribution >= 4 is 33.2 Å². The average molecular weight is 409 g/mol. The Morgan fingerprint density at radius 3 is 2.36 bits per heavy atom. The van der Waals surface area contributed by atoms with Gasteiger partial charge in [-0.1, -0.05) is 0 Å². The maximum absolute atomic E-state index is 12.4. The van der Waals surface area contributed by atoms with Crippen molar-refractivity contribution in [3.05, 3.63) is 56.5 Å². The third kappa shape index (κ3) is 4.69. The number of non-ortho nitro benzene ring substituents is 1. The van der Waals surface area contributed by atoms with Gasteiger partial charge in [0.15, 0.2) is 11.5 Å². The smallest absolute Gasteiger partial charge is 0.269 e. The number of nitro benzene ring substituents is 1. The number of amides is 1. The Morgan fingerprint density at radius 1 is 1.16 bits per heavy atom. The fraction of sp³-hybridized carbons (Fsp3) is 0.235. The van der Waals surface area contributed by atoms with Gasteiger partial charge < -0.3 is 14.8 Å². The lowest BCUT2D eigenvalue weighted by Crippen LogP contribution is -2.12. The van der Waals surface area contributed by atoms with Crippen molar-refractivity contribution in [1.82, 2.24) is 0 Å². The molecule has 0 fully saturated rings. The van der Waals surface area contributed by atoms with Crippen LogP contribution in [0.1, 0.15) is 24.2 Å². The first kappa shape index (κ1) is 18.7. The molecule has 0 aliphatic carbocycles. The minimum atomic E-state index is -0.496. The lowest BCUT2D eigenvalue weighted by molar-refractivity contribution is -0.384. The molecule has 0 saturated heterocycles. The number of nitrogens with zero attached hydrogens (tertiary/aromatic N) is 1. The quantitative estimate of drug-likeness (QED) is 0.541. The van der Waals surface area contributed by atoms with Crippen molar-refractivity contribution in [1.29, 1.82) is 0 Å². The molecule has 0 atom stereocenters. The van der Waals surface area contributed by atoms with Gasteiger partial charge in [-0.05, 0) is 54.0 Å². The average Bonchev–Trinajstić information content (AvgIpc) is 2.58. The Kier molecular flexibility index (Phi) is 6.35. The van der Waals surface area contributed by atoms with Crippen molar-refractivity contribution < 1.29 is 19.2 Å². The van der Waals surface area contributed by atoms with Crippen molar-refractivity contribution in [3.63, 3.8) is 0 Å². The molecule has 0 aromatic heterocycles. The van der Waals surface area contributed by atoms with Gasteiger partial charge in [0.25, 0.3) is 11.6 Å². The number of nitro groups is 1. The summed E-state index contributed by atoms with van der Waals surface area (Å²) in [5, 5.41) is 13.4. The third-order valence-corrected chi connectivity index (χ3v) is 3.79. The molecule has 7 nitrogen and oxygen atoms in total. The first-order valence-electron chi connectivity index (χ1n) is 7.61. The summed E-state index contributed by atoms with van der Waals surface area (Å²) in [6.07, 6.45) is 0. The molecule has 2 rings (SSSR count). The van der Waals surface area contributed by atoms with E-state index in [1.807, 2.05) is 13.8 Å². The van der Waals surface area contributed by atoms with Gasteiger partial charge in [-0.3, -0.25) is 14.9 Å². The molecular formula is C17H17BrN2O5. The van der Waals surface area contributed by atoms with E-state index in [2.05, 4.69) is 21.2 Å². The molecule has 0 radical (unpaired) electrons. The molecule has 25 heavy (non-hydrogen) atoms. The normalized spacial score (nSPS) is 10.2. The highest BCUT2D eigenvalue weighted by atomic mass is 79.9. The zero-order valence-electron chi connectivity index (χ0n) is 13.7. The van der Waals surface area contributed by atoms with E-state index in [4.69, 9.17) is 9.47 Å². The second-order valence-electron chi connectivity index (χ2n) is 4.91. The molecule has 0 spiro atoms. The highest BCUT2D eigenvalue weighted by molar-refractivity contribution is 9.10. The molecule has 2 aromatic rings. The van der Waals surface area contributed by atoms with E-state index in [0.29, 0.717) is 40.4 Å². The van der Waals surface area contributed by atoms with E-state index in [1.54, 1.807) is 12.1 Å². The van der Waals surface area contributed by atoms with Gasteiger partial charge >= 0.3 is 0 Å². The molecule has 0 aliphatic heterocycles. The van der Waals surface area contributed by atoms with Gasteiger partial charge in [-0.2, -0.15) is 0 Å². The van der Waals surface area contributed by atoms with Crippen LogP contribution in [0.5, 0.6) is 11.5 Å². The molecule has 2 aromatic carbocycles. The number of benzene rings is 2. The van der Waals surface area contributed by atoms with Gasteiger partial charge in [-0.25, -0.2) is 0 Å². The molecule has 0 bridgehead atoms. The Bertz CT molecular complexity index is 777. The van der Waals surface area contributed by atoms with Gasteiger partial charge in [-0.15, -0.1) is 0 Å². The summed E-state index contributed by atoms with van der Waals surface area (Å²) >= 11 is 3.39. The summed E-state index contributed by atoms with van der Waals surface area (Å²) < 4.78 is 11.7. The van der Waals surface area contributed by atoms with E-state index >= 15 is 0 Å². The number of hydrogen-bond acceptors (Lipinski definition) is 5. The Labute approximate surface area is 153 Å². The van der Waals surface area contributed by atoms with Crippen LogP contribution in [0.4, 0.5) is 11.4 Å². The molecule has 8 heteroatoms. The topological polar surface area (TPSA) is 90.7 Å². The SMILES string of the molecule is CCOc1cc(C(=O)Nc2ccc([N+](=O)[O-])cc2)cc(Br)c1OCC. The number of anilines is 1. The Balaban J connectivity index is 2.24. The van der Waals surface area contributed by atoms with Crippen LogP contribution in [0.15, 0.2) is 40.9 Å². The summed E-state index contributed by atoms with van der Waals surface area (Å²) in [5.74, 6) is 0.641. The summed E-state index contributed by atoms with van der Waals surface area (Å²) in [4.78, 5) is 22.6. The minimum absolute atomic E-state index is 0.0413. The first-order valence-corrected chi connectivity index (χ1v) is 8.40. The molecule has 1 amide bonds. The van der Waals surface area contributed by atoms with Crippen LogP contribution >= 0.6 is 15.9 Å². The van der Waals surface area contributed by atoms with E-state index in [0.717, 1.165) is 0 Å². The zero-order chi connectivity index (χ0) is 18.4. The fourth-order valence-corrected chi connectivity index (χ4v) is 2.67. The van der Waals surface area contributed by atoms with Gasteiger partial charge in [0.2, 0.25) is 0 Å². The summed E-state index contributed by atoms with van der Waals surface area (Å²) in [5.41, 5.74) is 0.788. The predicted octanol–water partition coefficient (Wildman–Crippen LogP) is 4.41. The predicted molar refractivity (Wildman–Crippen MR) is 97.5 cm³/mol. The summed E-state index contributed by atoms with van der Waals surface area (Å²) in [6.45, 7) is 4.59. The van der Waals surface area contributed by atoms with E-state index in [-0.39, 0.29) is 11.6 Å². The highest BCUT2D eigenvalue weighted by Crippen LogP contribution is 2.37. The monoisotopic (exact) mass is 408 g/mol. The summed E-state index contributed by atoms with van der Waals surface area (Å²) in [6, 6.07) is 8.84. The fourth-order valence-electron chi connectivity index (χ4n) is 2.12. The van der Waals surface area contributed by atoms with Gasteiger partial charge in [0, 0.05) is 23.4 Å². The van der Waals surface area contributed by atoms with E-state index in [1.165, 1.54) is 24.3 Å². The molecule has 0 aliphatic rings. The number of hydrogen-bond donors (Lipinski definition) is 1. The lowest BCUT2D eigenvalue weighted by atomic mass is 10.1. The number of halogens is 1. The standard InChI is InChI=1S/C17H17BrN2O5/c1-3-24-15-10-11(9-14(18)16(15)25-4-2)17(21)19-12-5-7-13(8-6-12)20(22)23/h5-10H,3-4H2,1-2H3,(H,19,21). The lowest BCUT2D eigenvalue weighted by Gasteiger charge is -2.14. The maximum Gasteiger partial charge on any atom is 0.269 e. The third-order valence-electron chi connectivity index (χ3n) is 3.20. The van der Waals surface area contributed by atoms with Crippen molar-refractivity contribution in [3.8, 4) is 11.5 Å². The van der Waals surface area contributed by atoms with E-state index < -0.39 is 4.92 Å². The van der Waals surface area contributed by atoms with Crippen LogP contribution in [0.2, 0.25) is 0 Å².